The van der Waals surface area contributed by atoms with Gasteiger partial charge in [-0.15, -0.1) is 0 Å². The second-order valence-electron chi connectivity index (χ2n) is 3.70. The Morgan fingerprint density at radius 1 is 1.47 bits per heavy atom. The van der Waals surface area contributed by atoms with Crippen LogP contribution in [-0.4, -0.2) is 16.7 Å². The standard InChI is InChI=1S/C12H14BrN3O/c1-16-7-15-12(10(16)6-14)8-3-4-11(17-2)9(13)5-8/h3-5,7H,6,14H2,1-2H3. The molecule has 0 saturated heterocycles. The summed E-state index contributed by atoms with van der Waals surface area (Å²) < 4.78 is 8.05. The first-order valence-electron chi connectivity index (χ1n) is 5.21. The van der Waals surface area contributed by atoms with Gasteiger partial charge in [0.15, 0.2) is 0 Å². The van der Waals surface area contributed by atoms with Crippen LogP contribution in [0.2, 0.25) is 0 Å². The van der Waals surface area contributed by atoms with Crippen molar-refractivity contribution in [3.05, 3.63) is 34.7 Å². The van der Waals surface area contributed by atoms with Gasteiger partial charge in [-0.2, -0.15) is 0 Å². The second-order valence-corrected chi connectivity index (χ2v) is 4.56. The van der Waals surface area contributed by atoms with Gasteiger partial charge in [-0.3, -0.25) is 0 Å². The first-order chi connectivity index (χ1) is 8.17. The van der Waals surface area contributed by atoms with Crippen LogP contribution in [0.15, 0.2) is 29.0 Å². The first kappa shape index (κ1) is 12.1. The Hall–Kier alpha value is -1.33. The molecule has 0 unspecified atom stereocenters. The fourth-order valence-electron chi connectivity index (χ4n) is 1.75. The van der Waals surface area contributed by atoms with Crippen molar-refractivity contribution in [2.75, 3.05) is 7.11 Å². The summed E-state index contributed by atoms with van der Waals surface area (Å²) in [4.78, 5) is 4.37. The molecule has 0 aliphatic rings. The number of halogens is 1. The fourth-order valence-corrected chi connectivity index (χ4v) is 2.29. The zero-order valence-corrected chi connectivity index (χ0v) is 11.4. The van der Waals surface area contributed by atoms with Gasteiger partial charge in [-0.05, 0) is 34.1 Å². The molecule has 2 N–H and O–H groups in total. The molecule has 0 aliphatic heterocycles. The third-order valence-corrected chi connectivity index (χ3v) is 3.30. The molecule has 0 aliphatic carbocycles. The van der Waals surface area contributed by atoms with Gasteiger partial charge in [0.2, 0.25) is 0 Å². The van der Waals surface area contributed by atoms with Crippen molar-refractivity contribution < 1.29 is 4.74 Å². The van der Waals surface area contributed by atoms with Crippen molar-refractivity contribution in [2.24, 2.45) is 12.8 Å². The molecule has 4 nitrogen and oxygen atoms in total. The highest BCUT2D eigenvalue weighted by molar-refractivity contribution is 9.10. The van der Waals surface area contributed by atoms with Gasteiger partial charge < -0.3 is 15.0 Å². The van der Waals surface area contributed by atoms with Crippen LogP contribution in [0.1, 0.15) is 5.69 Å². The Kier molecular flexibility index (Phi) is 3.49. The number of hydrogen-bond donors (Lipinski definition) is 1. The molecule has 0 bridgehead atoms. The van der Waals surface area contributed by atoms with Crippen LogP contribution in [-0.2, 0) is 13.6 Å². The number of nitrogens with zero attached hydrogens (tertiary/aromatic N) is 2. The van der Waals surface area contributed by atoms with Gasteiger partial charge in [0.05, 0.1) is 29.3 Å². The molecule has 90 valence electrons. The quantitative estimate of drug-likeness (QED) is 0.945. The molecular formula is C12H14BrN3O. The maximum absolute atomic E-state index is 5.73. The topological polar surface area (TPSA) is 53.1 Å². The summed E-state index contributed by atoms with van der Waals surface area (Å²) in [7, 11) is 3.59. The highest BCUT2D eigenvalue weighted by Crippen LogP contribution is 2.31. The van der Waals surface area contributed by atoms with Crippen LogP contribution in [0.3, 0.4) is 0 Å². The SMILES string of the molecule is COc1ccc(-c2ncn(C)c2CN)cc1Br. The molecule has 0 amide bonds. The average molecular weight is 296 g/mol. The van der Waals surface area contributed by atoms with Gasteiger partial charge in [-0.1, -0.05) is 0 Å². The lowest BCUT2D eigenvalue weighted by molar-refractivity contribution is 0.412. The zero-order chi connectivity index (χ0) is 12.4. The van der Waals surface area contributed by atoms with Gasteiger partial charge in [0.25, 0.3) is 0 Å². The summed E-state index contributed by atoms with van der Waals surface area (Å²) in [6.45, 7) is 0.468. The third kappa shape index (κ3) is 2.21. The predicted molar refractivity (Wildman–Crippen MR) is 70.8 cm³/mol. The fraction of sp³-hybridized carbons (Fsp3) is 0.250. The zero-order valence-electron chi connectivity index (χ0n) is 9.77. The van der Waals surface area contributed by atoms with Crippen LogP contribution < -0.4 is 10.5 Å². The van der Waals surface area contributed by atoms with E-state index < -0.39 is 0 Å². The Bertz CT molecular complexity index is 537. The lowest BCUT2D eigenvalue weighted by Gasteiger charge is -2.07. The Morgan fingerprint density at radius 3 is 2.82 bits per heavy atom. The number of hydrogen-bond acceptors (Lipinski definition) is 3. The average Bonchev–Trinajstić information content (AvgIpc) is 2.70. The third-order valence-electron chi connectivity index (χ3n) is 2.68. The summed E-state index contributed by atoms with van der Waals surface area (Å²) >= 11 is 3.47. The van der Waals surface area contributed by atoms with E-state index in [2.05, 4.69) is 20.9 Å². The van der Waals surface area contributed by atoms with E-state index in [-0.39, 0.29) is 0 Å². The summed E-state index contributed by atoms with van der Waals surface area (Å²) in [5.74, 6) is 0.805. The molecule has 0 atom stereocenters. The summed E-state index contributed by atoms with van der Waals surface area (Å²) in [6, 6.07) is 5.87. The summed E-state index contributed by atoms with van der Waals surface area (Å²) in [5, 5.41) is 0. The minimum absolute atomic E-state index is 0.468. The number of imidazole rings is 1. The van der Waals surface area contributed by atoms with E-state index in [1.54, 1.807) is 13.4 Å². The molecular weight excluding hydrogens is 282 g/mol. The molecule has 2 rings (SSSR count). The second kappa shape index (κ2) is 4.89. The lowest BCUT2D eigenvalue weighted by atomic mass is 10.1. The van der Waals surface area contributed by atoms with Crippen LogP contribution in [0.25, 0.3) is 11.3 Å². The number of ether oxygens (including phenoxy) is 1. The maximum Gasteiger partial charge on any atom is 0.133 e. The summed E-state index contributed by atoms with van der Waals surface area (Å²) in [5.41, 5.74) is 8.69. The molecule has 2 aromatic rings. The van der Waals surface area contributed by atoms with Crippen LogP contribution >= 0.6 is 15.9 Å². The maximum atomic E-state index is 5.73. The largest absolute Gasteiger partial charge is 0.496 e. The monoisotopic (exact) mass is 295 g/mol. The molecule has 1 heterocycles. The molecule has 17 heavy (non-hydrogen) atoms. The minimum atomic E-state index is 0.468. The van der Waals surface area contributed by atoms with E-state index in [9.17, 15) is 0 Å². The van der Waals surface area contributed by atoms with Crippen LogP contribution in [0, 0.1) is 0 Å². The van der Waals surface area contributed by atoms with Crippen molar-refractivity contribution in [1.29, 1.82) is 0 Å². The molecule has 0 fully saturated rings. The molecule has 1 aromatic heterocycles. The number of methoxy groups -OCH3 is 1. The van der Waals surface area contributed by atoms with Gasteiger partial charge in [0, 0.05) is 19.2 Å². The molecule has 5 heteroatoms. The Balaban J connectivity index is 2.49. The first-order valence-corrected chi connectivity index (χ1v) is 6.01. The van der Waals surface area contributed by atoms with E-state index in [4.69, 9.17) is 10.5 Å². The van der Waals surface area contributed by atoms with E-state index in [0.29, 0.717) is 6.54 Å². The molecule has 0 radical (unpaired) electrons. The minimum Gasteiger partial charge on any atom is -0.496 e. The molecule has 0 saturated carbocycles. The highest BCUT2D eigenvalue weighted by Gasteiger charge is 2.11. The predicted octanol–water partition coefficient (Wildman–Crippen LogP) is 2.32. The van der Waals surface area contributed by atoms with E-state index in [0.717, 1.165) is 27.2 Å². The Labute approximate surface area is 109 Å². The van der Waals surface area contributed by atoms with Gasteiger partial charge in [-0.25, -0.2) is 4.98 Å². The van der Waals surface area contributed by atoms with Crippen LogP contribution in [0.4, 0.5) is 0 Å². The van der Waals surface area contributed by atoms with Crippen molar-refractivity contribution >= 4 is 15.9 Å². The summed E-state index contributed by atoms with van der Waals surface area (Å²) in [6.07, 6.45) is 1.77. The normalized spacial score (nSPS) is 10.6. The van der Waals surface area contributed by atoms with Gasteiger partial charge in [0.1, 0.15) is 5.75 Å². The highest BCUT2D eigenvalue weighted by atomic mass is 79.9. The molecule has 1 aromatic carbocycles. The number of aromatic nitrogens is 2. The smallest absolute Gasteiger partial charge is 0.133 e. The number of aryl methyl sites for hydroxylation is 1. The van der Waals surface area contributed by atoms with Crippen molar-refractivity contribution in [2.45, 2.75) is 6.54 Å². The Morgan fingerprint density at radius 2 is 2.24 bits per heavy atom. The van der Waals surface area contributed by atoms with E-state index >= 15 is 0 Å². The van der Waals surface area contributed by atoms with Crippen LogP contribution in [0.5, 0.6) is 5.75 Å². The van der Waals surface area contributed by atoms with Crippen molar-refractivity contribution in [1.82, 2.24) is 9.55 Å². The number of nitrogens with two attached hydrogens (primary N) is 1. The van der Waals surface area contributed by atoms with E-state index in [1.165, 1.54) is 0 Å². The van der Waals surface area contributed by atoms with Crippen molar-refractivity contribution in [3.63, 3.8) is 0 Å². The lowest BCUT2D eigenvalue weighted by Crippen LogP contribution is -2.04. The number of benzene rings is 1. The molecule has 0 spiro atoms. The van der Waals surface area contributed by atoms with Crippen molar-refractivity contribution in [3.8, 4) is 17.0 Å². The van der Waals surface area contributed by atoms with E-state index in [1.807, 2.05) is 29.8 Å². The number of rotatable bonds is 3. The van der Waals surface area contributed by atoms with Gasteiger partial charge >= 0.3 is 0 Å².